The first kappa shape index (κ1) is 25.2. The maximum atomic E-state index is 13.9. The second kappa shape index (κ2) is 9.30. The third-order valence-electron chi connectivity index (χ3n) is 5.41. The van der Waals surface area contributed by atoms with Gasteiger partial charge >= 0.3 is 12.1 Å². The highest BCUT2D eigenvalue weighted by atomic mass is 32.2. The highest BCUT2D eigenvalue weighted by molar-refractivity contribution is 7.92. The fraction of sp³-hybridized carbons (Fsp3) is 0.217. The van der Waals surface area contributed by atoms with Crippen LogP contribution >= 0.6 is 0 Å². The SMILES string of the molecule is COc1ccc2cc1NS(=O)(=O)c1cc(cc(C(F)(F)F)c1OC)C(=O)OCCc1cc(F)ncc1-2. The molecule has 2 heterocycles. The molecule has 8 nitrogen and oxygen atoms in total. The summed E-state index contributed by atoms with van der Waals surface area (Å²) in [5.74, 6) is -2.95. The molecule has 0 unspecified atom stereocenters. The van der Waals surface area contributed by atoms with Gasteiger partial charge in [-0.2, -0.15) is 17.6 Å². The number of sulfonamides is 1. The molecule has 0 saturated heterocycles. The van der Waals surface area contributed by atoms with Crippen molar-refractivity contribution in [1.29, 1.82) is 0 Å². The first-order chi connectivity index (χ1) is 16.9. The Balaban J connectivity index is 2.00. The largest absolute Gasteiger partial charge is 0.495 e. The van der Waals surface area contributed by atoms with E-state index in [1.54, 1.807) is 6.07 Å². The molecule has 13 heteroatoms. The van der Waals surface area contributed by atoms with Gasteiger partial charge in [0.2, 0.25) is 5.95 Å². The zero-order chi connectivity index (χ0) is 26.3. The van der Waals surface area contributed by atoms with Crippen molar-refractivity contribution >= 4 is 21.7 Å². The number of halogens is 4. The number of hydrogen-bond donors (Lipinski definition) is 1. The minimum absolute atomic E-state index is 0.00272. The van der Waals surface area contributed by atoms with Crippen molar-refractivity contribution in [3.63, 3.8) is 0 Å². The lowest BCUT2D eigenvalue weighted by atomic mass is 9.99. The molecular weight excluding hydrogens is 508 g/mol. The molecule has 0 aliphatic carbocycles. The molecule has 1 aliphatic heterocycles. The van der Waals surface area contributed by atoms with Gasteiger partial charge in [0.1, 0.15) is 10.6 Å². The predicted molar refractivity (Wildman–Crippen MR) is 119 cm³/mol. The van der Waals surface area contributed by atoms with Crippen LogP contribution in [-0.2, 0) is 27.4 Å². The molecule has 0 saturated carbocycles. The van der Waals surface area contributed by atoms with Crippen molar-refractivity contribution in [3.05, 3.63) is 65.2 Å². The second-order valence-corrected chi connectivity index (χ2v) is 9.27. The zero-order valence-electron chi connectivity index (χ0n) is 18.8. The average Bonchev–Trinajstić information content (AvgIpc) is 2.82. The van der Waals surface area contributed by atoms with Gasteiger partial charge in [0.05, 0.1) is 37.6 Å². The third kappa shape index (κ3) is 4.78. The smallest absolute Gasteiger partial charge is 0.420 e. The highest BCUT2D eigenvalue weighted by Crippen LogP contribution is 2.42. The number of methoxy groups -OCH3 is 2. The molecule has 36 heavy (non-hydrogen) atoms. The Bertz CT molecular complexity index is 1460. The van der Waals surface area contributed by atoms with Gasteiger partial charge in [-0.1, -0.05) is 6.07 Å². The van der Waals surface area contributed by atoms with Crippen molar-refractivity contribution in [3.8, 4) is 22.6 Å². The van der Waals surface area contributed by atoms with Crippen LogP contribution in [0.25, 0.3) is 11.1 Å². The number of nitrogens with one attached hydrogen (secondary N) is 1. The molecule has 1 N–H and O–H groups in total. The summed E-state index contributed by atoms with van der Waals surface area (Å²) < 4.78 is 99.3. The Morgan fingerprint density at radius 3 is 2.47 bits per heavy atom. The Kier molecular flexibility index (Phi) is 6.52. The van der Waals surface area contributed by atoms with Crippen molar-refractivity contribution in [2.45, 2.75) is 17.5 Å². The van der Waals surface area contributed by atoms with E-state index in [-0.39, 0.29) is 24.5 Å². The van der Waals surface area contributed by atoms with E-state index in [0.29, 0.717) is 22.8 Å². The molecule has 0 fully saturated rings. The summed E-state index contributed by atoms with van der Waals surface area (Å²) >= 11 is 0. The average molecular weight is 526 g/mol. The van der Waals surface area contributed by atoms with E-state index >= 15 is 0 Å². The van der Waals surface area contributed by atoms with Crippen molar-refractivity contribution in [2.24, 2.45) is 0 Å². The number of cyclic esters (lactones) is 1. The number of esters is 1. The maximum absolute atomic E-state index is 13.9. The van der Waals surface area contributed by atoms with E-state index in [1.807, 2.05) is 0 Å². The van der Waals surface area contributed by atoms with Crippen molar-refractivity contribution in [2.75, 3.05) is 25.5 Å². The van der Waals surface area contributed by atoms with Crippen LogP contribution in [0.3, 0.4) is 0 Å². The van der Waals surface area contributed by atoms with E-state index in [2.05, 4.69) is 9.71 Å². The summed E-state index contributed by atoms with van der Waals surface area (Å²) in [5.41, 5.74) is -1.07. The van der Waals surface area contributed by atoms with Gasteiger partial charge in [0, 0.05) is 18.2 Å². The minimum atomic E-state index is -5.06. The summed E-state index contributed by atoms with van der Waals surface area (Å²) in [4.78, 5) is 15.3. The van der Waals surface area contributed by atoms with E-state index in [0.717, 1.165) is 19.2 Å². The molecule has 1 aromatic heterocycles. The van der Waals surface area contributed by atoms with Crippen molar-refractivity contribution in [1.82, 2.24) is 4.98 Å². The van der Waals surface area contributed by atoms with Crippen molar-refractivity contribution < 1.29 is 45.0 Å². The van der Waals surface area contributed by atoms with Crippen LogP contribution in [0.1, 0.15) is 21.5 Å². The summed E-state index contributed by atoms with van der Waals surface area (Å²) in [6, 6.07) is 6.67. The van der Waals surface area contributed by atoms with E-state index < -0.39 is 49.9 Å². The molecule has 190 valence electrons. The monoisotopic (exact) mass is 526 g/mol. The zero-order valence-corrected chi connectivity index (χ0v) is 19.6. The number of hydrogen-bond acceptors (Lipinski definition) is 7. The van der Waals surface area contributed by atoms with Crippen LogP contribution in [0.2, 0.25) is 0 Å². The van der Waals surface area contributed by atoms with Crippen LogP contribution in [0, 0.1) is 5.95 Å². The van der Waals surface area contributed by atoms with Crippen LogP contribution in [-0.4, -0.2) is 40.2 Å². The molecule has 4 bridgehead atoms. The number of alkyl halides is 3. The normalized spacial score (nSPS) is 15.1. The summed E-state index contributed by atoms with van der Waals surface area (Å²) in [5, 5.41) is 0. The number of anilines is 1. The Morgan fingerprint density at radius 2 is 1.81 bits per heavy atom. The van der Waals surface area contributed by atoms with E-state index in [1.165, 1.54) is 25.4 Å². The van der Waals surface area contributed by atoms with Gasteiger partial charge < -0.3 is 14.2 Å². The number of pyridine rings is 1. The van der Waals surface area contributed by atoms with Crippen LogP contribution in [0.15, 0.2) is 47.5 Å². The molecule has 2 aromatic carbocycles. The number of rotatable bonds is 2. The van der Waals surface area contributed by atoms with Crippen LogP contribution in [0.4, 0.5) is 23.2 Å². The Labute approximate surface area is 202 Å². The number of fused-ring (bicyclic) bond motifs is 6. The standard InChI is InChI=1S/C23H18F4N2O6S/c1-33-18-4-3-12-8-17(18)29-36(31,32)19-9-14(7-16(21(19)34-2)23(25,26)27)22(30)35-6-5-13-10-20(24)28-11-15(12)13/h3-4,7-11,29H,5-6H2,1-2H3. The van der Waals surface area contributed by atoms with Crippen LogP contribution < -0.4 is 14.2 Å². The number of nitrogens with zero attached hydrogens (tertiary/aromatic N) is 1. The van der Waals surface area contributed by atoms with Gasteiger partial charge in [-0.25, -0.2) is 18.2 Å². The summed E-state index contributed by atoms with van der Waals surface area (Å²) in [6.07, 6.45) is -3.82. The second-order valence-electron chi connectivity index (χ2n) is 7.62. The Hall–Kier alpha value is -3.87. The fourth-order valence-corrected chi connectivity index (χ4v) is 5.05. The minimum Gasteiger partial charge on any atom is -0.495 e. The molecule has 1 aliphatic rings. The van der Waals surface area contributed by atoms with E-state index in [9.17, 15) is 30.8 Å². The maximum Gasteiger partial charge on any atom is 0.420 e. The molecule has 3 aromatic rings. The number of benzene rings is 2. The number of carbonyl (C=O) groups excluding carboxylic acids is 1. The summed E-state index contributed by atoms with van der Waals surface area (Å²) in [6.45, 7) is -0.327. The number of ether oxygens (including phenoxy) is 3. The molecule has 0 spiro atoms. The van der Waals surface area contributed by atoms with Gasteiger partial charge in [0.15, 0.2) is 5.75 Å². The lowest BCUT2D eigenvalue weighted by Crippen LogP contribution is -2.20. The fourth-order valence-electron chi connectivity index (χ4n) is 3.77. The summed E-state index contributed by atoms with van der Waals surface area (Å²) in [7, 11) is -2.62. The Morgan fingerprint density at radius 1 is 1.06 bits per heavy atom. The molecule has 0 amide bonds. The van der Waals surface area contributed by atoms with Gasteiger partial charge in [-0.3, -0.25) is 4.72 Å². The van der Waals surface area contributed by atoms with Gasteiger partial charge in [0.25, 0.3) is 10.0 Å². The predicted octanol–water partition coefficient (Wildman–Crippen LogP) is 4.44. The first-order valence-corrected chi connectivity index (χ1v) is 11.7. The molecule has 0 radical (unpaired) electrons. The molecular formula is C23H18F4N2O6S. The van der Waals surface area contributed by atoms with Gasteiger partial charge in [-0.15, -0.1) is 0 Å². The van der Waals surface area contributed by atoms with E-state index in [4.69, 9.17) is 14.2 Å². The molecule has 0 atom stereocenters. The van der Waals surface area contributed by atoms with Gasteiger partial charge in [-0.05, 0) is 41.5 Å². The first-order valence-electron chi connectivity index (χ1n) is 10.3. The number of aromatic nitrogens is 1. The lowest BCUT2D eigenvalue weighted by molar-refractivity contribution is -0.139. The highest BCUT2D eigenvalue weighted by Gasteiger charge is 2.39. The third-order valence-corrected chi connectivity index (χ3v) is 6.78. The quantitative estimate of drug-likeness (QED) is 0.299. The van der Waals surface area contributed by atoms with Crippen LogP contribution in [0.5, 0.6) is 11.5 Å². The topological polar surface area (TPSA) is 104 Å². The lowest BCUT2D eigenvalue weighted by Gasteiger charge is -2.20. The number of carbonyl (C=O) groups is 1. The molecule has 4 rings (SSSR count).